The third-order valence-corrected chi connectivity index (χ3v) is 7.07. The van der Waals surface area contributed by atoms with Crippen LogP contribution in [0.15, 0.2) is 77.7 Å². The number of carbonyl (C=O) groups is 1. The number of hydrogen-bond acceptors (Lipinski definition) is 6. The fourth-order valence-corrected chi connectivity index (χ4v) is 4.87. The number of urea groups is 1. The maximum Gasteiger partial charge on any atom is 0.315 e. The molecule has 0 radical (unpaired) electrons. The summed E-state index contributed by atoms with van der Waals surface area (Å²) in [5.74, 6) is 0.988. The number of phenols is 1. The number of rotatable bonds is 9. The van der Waals surface area contributed by atoms with E-state index in [1.165, 1.54) is 0 Å². The van der Waals surface area contributed by atoms with E-state index in [0.717, 1.165) is 32.9 Å². The summed E-state index contributed by atoms with van der Waals surface area (Å²) >= 11 is 1.68. The third kappa shape index (κ3) is 7.24. The summed E-state index contributed by atoms with van der Waals surface area (Å²) < 4.78 is 12.8. The van der Waals surface area contributed by atoms with Crippen molar-refractivity contribution in [3.63, 3.8) is 0 Å². The van der Waals surface area contributed by atoms with Crippen LogP contribution in [0.5, 0.6) is 5.75 Å². The molecule has 2 amide bonds. The van der Waals surface area contributed by atoms with E-state index in [2.05, 4.69) is 10.6 Å². The number of aromatic hydroxyl groups is 1. The first kappa shape index (κ1) is 26.0. The number of nitrogens with one attached hydrogen (secondary N) is 2. The van der Waals surface area contributed by atoms with Gasteiger partial charge in [-0.1, -0.05) is 48.5 Å². The topological polar surface area (TPSA) is 100 Å². The molecule has 0 bridgehead atoms. The van der Waals surface area contributed by atoms with Gasteiger partial charge < -0.3 is 30.3 Å². The molecule has 0 spiro atoms. The highest BCUT2D eigenvalue weighted by Gasteiger charge is 2.32. The van der Waals surface area contributed by atoms with E-state index in [1.54, 1.807) is 23.9 Å². The smallest absolute Gasteiger partial charge is 0.315 e. The van der Waals surface area contributed by atoms with Gasteiger partial charge in [-0.05, 0) is 47.9 Å². The van der Waals surface area contributed by atoms with Gasteiger partial charge in [-0.3, -0.25) is 0 Å². The van der Waals surface area contributed by atoms with Gasteiger partial charge in [0.05, 0.1) is 18.8 Å². The molecule has 0 aromatic heterocycles. The summed E-state index contributed by atoms with van der Waals surface area (Å²) in [5.41, 5.74) is 3.80. The van der Waals surface area contributed by atoms with Crippen LogP contribution >= 0.6 is 11.8 Å². The van der Waals surface area contributed by atoms with Crippen molar-refractivity contribution >= 4 is 17.8 Å². The molecule has 1 aliphatic heterocycles. The Morgan fingerprint density at radius 2 is 1.58 bits per heavy atom. The first-order valence-corrected chi connectivity index (χ1v) is 13.1. The molecule has 1 heterocycles. The Hall–Kier alpha value is -3.04. The fourth-order valence-electron chi connectivity index (χ4n) is 3.95. The fraction of sp³-hybridized carbons (Fsp3) is 0.321. The lowest BCUT2D eigenvalue weighted by molar-refractivity contribution is -0.245. The Kier molecular flexibility index (Phi) is 9.24. The highest BCUT2D eigenvalue weighted by atomic mass is 32.2. The number of thioether (sulfide) groups is 1. The van der Waals surface area contributed by atoms with E-state index in [0.29, 0.717) is 19.5 Å². The molecule has 3 aromatic rings. The van der Waals surface area contributed by atoms with Gasteiger partial charge in [0.15, 0.2) is 6.29 Å². The molecule has 1 saturated heterocycles. The lowest BCUT2D eigenvalue weighted by Gasteiger charge is -2.36. The van der Waals surface area contributed by atoms with E-state index in [1.807, 2.05) is 67.6 Å². The number of hydrogen-bond donors (Lipinski definition) is 4. The maximum atomic E-state index is 11.7. The predicted octanol–water partition coefficient (Wildman–Crippen LogP) is 5.04. The molecule has 1 aliphatic rings. The molecular weight excluding hydrogens is 476 g/mol. The van der Waals surface area contributed by atoms with Gasteiger partial charge >= 0.3 is 6.03 Å². The Bertz CT molecular complexity index is 1110. The van der Waals surface area contributed by atoms with Gasteiger partial charge in [0, 0.05) is 35.7 Å². The molecule has 0 saturated carbocycles. The molecule has 3 atom stereocenters. The minimum absolute atomic E-state index is 0.00471. The average Bonchev–Trinajstić information content (AvgIpc) is 2.92. The van der Waals surface area contributed by atoms with Gasteiger partial charge in [0.1, 0.15) is 5.75 Å². The minimum Gasteiger partial charge on any atom is -0.508 e. The standard InChI is InChI=1S/C28H32N2O5S/c1-2-29-28(33)30-16-19-3-9-22(10-4-19)27-34-24(18-36-25-13-11-23(32)12-14-25)15-26(35-27)21-7-5-20(17-31)6-8-21/h3-14,24,26-27,31-32H,2,15-18H2,1H3,(H2,29,30,33). The van der Waals surface area contributed by atoms with E-state index in [9.17, 15) is 15.0 Å². The molecule has 36 heavy (non-hydrogen) atoms. The van der Waals surface area contributed by atoms with Gasteiger partial charge in [0.2, 0.25) is 0 Å². The van der Waals surface area contributed by atoms with Crippen molar-refractivity contribution in [2.24, 2.45) is 0 Å². The number of ether oxygens (including phenoxy) is 2. The Labute approximate surface area is 215 Å². The lowest BCUT2D eigenvalue weighted by Crippen LogP contribution is -2.34. The van der Waals surface area contributed by atoms with Gasteiger partial charge in [0.25, 0.3) is 0 Å². The van der Waals surface area contributed by atoms with Crippen LogP contribution in [0.25, 0.3) is 0 Å². The van der Waals surface area contributed by atoms with Crippen LogP contribution in [-0.4, -0.2) is 34.6 Å². The molecule has 4 rings (SSSR count). The predicted molar refractivity (Wildman–Crippen MR) is 140 cm³/mol. The summed E-state index contributed by atoms with van der Waals surface area (Å²) in [6, 6.07) is 22.7. The van der Waals surface area contributed by atoms with Crippen molar-refractivity contribution in [1.82, 2.24) is 10.6 Å². The Morgan fingerprint density at radius 3 is 2.25 bits per heavy atom. The maximum absolute atomic E-state index is 11.7. The number of benzene rings is 3. The molecule has 3 aromatic carbocycles. The van der Waals surface area contributed by atoms with Crippen LogP contribution in [-0.2, 0) is 22.6 Å². The van der Waals surface area contributed by atoms with E-state index in [4.69, 9.17) is 9.47 Å². The minimum atomic E-state index is -0.530. The Balaban J connectivity index is 1.46. The first-order valence-electron chi connectivity index (χ1n) is 12.1. The normalized spacial score (nSPS) is 19.6. The molecule has 3 unspecified atom stereocenters. The molecule has 0 aliphatic carbocycles. The van der Waals surface area contributed by atoms with Crippen molar-refractivity contribution in [2.45, 2.75) is 49.9 Å². The SMILES string of the molecule is CCNC(=O)NCc1ccc(C2OC(CSc3ccc(O)cc3)CC(c3ccc(CO)cc3)O2)cc1. The zero-order valence-corrected chi connectivity index (χ0v) is 21.0. The van der Waals surface area contributed by atoms with Crippen LogP contribution < -0.4 is 10.6 Å². The first-order chi connectivity index (χ1) is 17.5. The quantitative estimate of drug-likeness (QED) is 0.302. The summed E-state index contributed by atoms with van der Waals surface area (Å²) in [6.07, 6.45) is -0.0311. The number of carbonyl (C=O) groups excluding carboxylic acids is 1. The summed E-state index contributed by atoms with van der Waals surface area (Å²) in [6.45, 7) is 2.90. The zero-order valence-electron chi connectivity index (χ0n) is 20.2. The van der Waals surface area contributed by atoms with Crippen LogP contribution in [0.2, 0.25) is 0 Å². The van der Waals surface area contributed by atoms with Gasteiger partial charge in [-0.25, -0.2) is 4.79 Å². The van der Waals surface area contributed by atoms with Crippen molar-refractivity contribution in [3.05, 3.63) is 95.1 Å². The third-order valence-electron chi connectivity index (χ3n) is 5.93. The van der Waals surface area contributed by atoms with Gasteiger partial charge in [-0.15, -0.1) is 11.8 Å². The number of aliphatic hydroxyl groups excluding tert-OH is 1. The number of amides is 2. The van der Waals surface area contributed by atoms with E-state index >= 15 is 0 Å². The summed E-state index contributed by atoms with van der Waals surface area (Å²) in [7, 11) is 0. The van der Waals surface area contributed by atoms with E-state index in [-0.39, 0.29) is 30.6 Å². The van der Waals surface area contributed by atoms with Crippen LogP contribution in [0.4, 0.5) is 4.79 Å². The molecular formula is C28H32N2O5S. The molecule has 4 N–H and O–H groups in total. The second-order valence-corrected chi connectivity index (χ2v) is 9.70. The average molecular weight is 509 g/mol. The molecule has 8 heteroatoms. The summed E-state index contributed by atoms with van der Waals surface area (Å²) in [4.78, 5) is 12.7. The van der Waals surface area contributed by atoms with Gasteiger partial charge in [-0.2, -0.15) is 0 Å². The highest BCUT2D eigenvalue weighted by molar-refractivity contribution is 7.99. The zero-order chi connectivity index (χ0) is 25.3. The number of phenolic OH excluding ortho intramolecular Hbond substituents is 1. The number of aliphatic hydroxyl groups is 1. The van der Waals surface area contributed by atoms with Crippen LogP contribution in [0.3, 0.4) is 0 Å². The monoisotopic (exact) mass is 508 g/mol. The lowest BCUT2D eigenvalue weighted by atomic mass is 10.0. The van der Waals surface area contributed by atoms with Crippen molar-refractivity contribution in [1.29, 1.82) is 0 Å². The summed E-state index contributed by atoms with van der Waals surface area (Å²) in [5, 5.41) is 24.5. The van der Waals surface area contributed by atoms with Crippen LogP contribution in [0, 0.1) is 0 Å². The van der Waals surface area contributed by atoms with Crippen molar-refractivity contribution < 1.29 is 24.5 Å². The van der Waals surface area contributed by atoms with Crippen molar-refractivity contribution in [2.75, 3.05) is 12.3 Å². The van der Waals surface area contributed by atoms with Crippen LogP contribution in [0.1, 0.15) is 48.0 Å². The second-order valence-electron chi connectivity index (χ2n) is 8.61. The highest BCUT2D eigenvalue weighted by Crippen LogP contribution is 2.39. The van der Waals surface area contributed by atoms with E-state index < -0.39 is 6.29 Å². The molecule has 1 fully saturated rings. The molecule has 190 valence electrons. The molecule has 7 nitrogen and oxygen atoms in total. The largest absolute Gasteiger partial charge is 0.508 e. The van der Waals surface area contributed by atoms with Crippen molar-refractivity contribution in [3.8, 4) is 5.75 Å². The second kappa shape index (κ2) is 12.8. The Morgan fingerprint density at radius 1 is 0.917 bits per heavy atom.